The van der Waals surface area contributed by atoms with Crippen molar-refractivity contribution in [1.82, 2.24) is 4.90 Å². The molecule has 2 rings (SSSR count). The number of hydrogen-bond acceptors (Lipinski definition) is 2. The summed E-state index contributed by atoms with van der Waals surface area (Å²) >= 11 is 0. The molecular weight excluding hydrogens is 214 g/mol. The molecule has 2 atom stereocenters. The van der Waals surface area contributed by atoms with Crippen LogP contribution in [-0.2, 0) is 4.79 Å². The summed E-state index contributed by atoms with van der Waals surface area (Å²) in [6.07, 6.45) is 9.28. The average molecular weight is 237 g/mol. The first kappa shape index (κ1) is 12.6. The lowest BCUT2D eigenvalue weighted by Gasteiger charge is -2.31. The van der Waals surface area contributed by atoms with E-state index in [-0.39, 0.29) is 0 Å². The minimum absolute atomic E-state index is 0.559. The summed E-state index contributed by atoms with van der Waals surface area (Å²) in [7, 11) is 0. The molecule has 1 aliphatic carbocycles. The van der Waals surface area contributed by atoms with E-state index in [0.717, 1.165) is 25.0 Å². The second-order valence-corrected chi connectivity index (χ2v) is 5.28. The molecular formula is C14H23NO2. The molecule has 0 radical (unpaired) electrons. The summed E-state index contributed by atoms with van der Waals surface area (Å²) in [5.74, 6) is 0.124. The van der Waals surface area contributed by atoms with Crippen molar-refractivity contribution < 1.29 is 9.90 Å². The van der Waals surface area contributed by atoms with E-state index in [0.29, 0.717) is 12.0 Å². The quantitative estimate of drug-likeness (QED) is 0.764. The summed E-state index contributed by atoms with van der Waals surface area (Å²) in [5, 5.41) is 8.99. The highest BCUT2D eigenvalue weighted by atomic mass is 16.4. The molecule has 0 spiro atoms. The van der Waals surface area contributed by atoms with Crippen molar-refractivity contribution in [2.45, 2.75) is 51.5 Å². The van der Waals surface area contributed by atoms with Crippen molar-refractivity contribution >= 4 is 5.97 Å². The van der Waals surface area contributed by atoms with Crippen LogP contribution in [0.3, 0.4) is 0 Å². The molecule has 1 N–H and O–H groups in total. The minimum atomic E-state index is -0.758. The normalized spacial score (nSPS) is 30.3. The molecule has 3 nitrogen and oxygen atoms in total. The Morgan fingerprint density at radius 1 is 1.35 bits per heavy atom. The molecule has 1 heterocycles. The van der Waals surface area contributed by atoms with Crippen molar-refractivity contribution in [3.8, 4) is 0 Å². The van der Waals surface area contributed by atoms with E-state index in [9.17, 15) is 4.79 Å². The van der Waals surface area contributed by atoms with E-state index in [1.54, 1.807) is 0 Å². The second kappa shape index (κ2) is 5.67. The fraction of sp³-hybridized carbons (Fsp3) is 0.786. The minimum Gasteiger partial charge on any atom is -0.478 e. The molecule has 0 bridgehead atoms. The van der Waals surface area contributed by atoms with E-state index in [2.05, 4.69) is 4.90 Å². The zero-order valence-electron chi connectivity index (χ0n) is 10.7. The van der Waals surface area contributed by atoms with Crippen LogP contribution in [-0.4, -0.2) is 35.1 Å². The van der Waals surface area contributed by atoms with E-state index in [4.69, 9.17) is 5.11 Å². The van der Waals surface area contributed by atoms with Gasteiger partial charge in [-0.2, -0.15) is 0 Å². The first-order valence-corrected chi connectivity index (χ1v) is 6.88. The Kier molecular flexibility index (Phi) is 4.21. The van der Waals surface area contributed by atoms with E-state index >= 15 is 0 Å². The molecule has 96 valence electrons. The van der Waals surface area contributed by atoms with Crippen LogP contribution in [0.25, 0.3) is 0 Å². The molecule has 2 aliphatic rings. The highest BCUT2D eigenvalue weighted by molar-refractivity contribution is 5.86. The number of carboxylic acid groups (broad SMARTS) is 1. The van der Waals surface area contributed by atoms with Crippen molar-refractivity contribution in [3.63, 3.8) is 0 Å². The lowest BCUT2D eigenvalue weighted by atomic mass is 9.85. The van der Waals surface area contributed by atoms with Crippen LogP contribution in [0.2, 0.25) is 0 Å². The van der Waals surface area contributed by atoms with Crippen molar-refractivity contribution in [2.24, 2.45) is 5.92 Å². The highest BCUT2D eigenvalue weighted by Gasteiger charge is 2.34. The Balaban J connectivity index is 1.93. The fourth-order valence-corrected chi connectivity index (χ4v) is 3.34. The molecule has 3 heteroatoms. The molecule has 2 fully saturated rings. The second-order valence-electron chi connectivity index (χ2n) is 5.28. The lowest BCUT2D eigenvalue weighted by Crippen LogP contribution is -2.35. The Hall–Kier alpha value is -0.830. The van der Waals surface area contributed by atoms with Gasteiger partial charge < -0.3 is 5.11 Å². The van der Waals surface area contributed by atoms with Gasteiger partial charge in [-0.15, -0.1) is 0 Å². The van der Waals surface area contributed by atoms with Crippen molar-refractivity contribution in [2.75, 3.05) is 13.1 Å². The van der Waals surface area contributed by atoms with Gasteiger partial charge in [0.25, 0.3) is 0 Å². The van der Waals surface area contributed by atoms with Crippen LogP contribution in [0.5, 0.6) is 0 Å². The summed E-state index contributed by atoms with van der Waals surface area (Å²) in [6.45, 7) is 3.90. The number of rotatable bonds is 4. The molecule has 0 aromatic heterocycles. The van der Waals surface area contributed by atoms with Gasteiger partial charge in [-0.25, -0.2) is 4.79 Å². The summed E-state index contributed by atoms with van der Waals surface area (Å²) < 4.78 is 0. The van der Waals surface area contributed by atoms with Gasteiger partial charge in [0.15, 0.2) is 0 Å². The average Bonchev–Trinajstić information content (AvgIpc) is 2.73. The Morgan fingerprint density at radius 3 is 2.82 bits per heavy atom. The number of hydrogen-bond donors (Lipinski definition) is 1. The van der Waals surface area contributed by atoms with E-state index in [1.165, 1.54) is 32.1 Å². The number of carbonyl (C=O) groups is 1. The third kappa shape index (κ3) is 2.89. The maximum atomic E-state index is 10.9. The SMILES string of the molecule is CCC(=CCN1CCC2CCCCC21)C(=O)O. The van der Waals surface area contributed by atoms with Gasteiger partial charge in [-0.1, -0.05) is 25.8 Å². The Bertz CT molecular complexity index is 311. The zero-order valence-corrected chi connectivity index (χ0v) is 10.7. The van der Waals surface area contributed by atoms with E-state index in [1.807, 2.05) is 13.0 Å². The third-order valence-corrected chi connectivity index (χ3v) is 4.35. The maximum Gasteiger partial charge on any atom is 0.331 e. The van der Waals surface area contributed by atoms with Crippen molar-refractivity contribution in [3.05, 3.63) is 11.6 Å². The largest absolute Gasteiger partial charge is 0.478 e. The first-order chi connectivity index (χ1) is 8.22. The number of aliphatic carboxylic acids is 1. The Labute approximate surface area is 103 Å². The molecule has 2 unspecified atom stereocenters. The van der Waals surface area contributed by atoms with Gasteiger partial charge in [0.05, 0.1) is 0 Å². The topological polar surface area (TPSA) is 40.5 Å². The van der Waals surface area contributed by atoms with Gasteiger partial charge in [0.2, 0.25) is 0 Å². The Morgan fingerprint density at radius 2 is 2.12 bits per heavy atom. The third-order valence-electron chi connectivity index (χ3n) is 4.35. The van der Waals surface area contributed by atoms with Crippen LogP contribution in [0.4, 0.5) is 0 Å². The predicted molar refractivity (Wildman–Crippen MR) is 67.9 cm³/mol. The molecule has 1 saturated carbocycles. The van der Waals surface area contributed by atoms with Crippen molar-refractivity contribution in [1.29, 1.82) is 0 Å². The standard InChI is InChI=1S/C14H23NO2/c1-2-11(14(16)17)7-9-15-10-8-12-5-3-4-6-13(12)15/h7,12-13H,2-6,8-10H2,1H3,(H,16,17). The lowest BCUT2D eigenvalue weighted by molar-refractivity contribution is -0.132. The number of likely N-dealkylation sites (tertiary alicyclic amines) is 1. The van der Waals surface area contributed by atoms with Crippen LogP contribution < -0.4 is 0 Å². The highest BCUT2D eigenvalue weighted by Crippen LogP contribution is 2.35. The van der Waals surface area contributed by atoms with Crippen LogP contribution >= 0.6 is 0 Å². The predicted octanol–water partition coefficient (Wildman–Crippen LogP) is 2.67. The molecule has 1 saturated heterocycles. The van der Waals surface area contributed by atoms with Crippen LogP contribution in [0.1, 0.15) is 45.4 Å². The van der Waals surface area contributed by atoms with Crippen LogP contribution in [0.15, 0.2) is 11.6 Å². The zero-order chi connectivity index (χ0) is 12.3. The number of carboxylic acids is 1. The summed E-state index contributed by atoms with van der Waals surface area (Å²) in [4.78, 5) is 13.4. The summed E-state index contributed by atoms with van der Waals surface area (Å²) in [5.41, 5.74) is 0.559. The molecule has 0 aromatic carbocycles. The summed E-state index contributed by atoms with van der Waals surface area (Å²) in [6, 6.07) is 0.729. The van der Waals surface area contributed by atoms with Gasteiger partial charge in [-0.05, 0) is 38.1 Å². The molecule has 1 aliphatic heterocycles. The maximum absolute atomic E-state index is 10.9. The van der Waals surface area contributed by atoms with Crippen LogP contribution in [0, 0.1) is 5.92 Å². The smallest absolute Gasteiger partial charge is 0.331 e. The van der Waals surface area contributed by atoms with Gasteiger partial charge in [-0.3, -0.25) is 4.90 Å². The molecule has 0 aromatic rings. The molecule has 0 amide bonds. The molecule has 17 heavy (non-hydrogen) atoms. The van der Waals surface area contributed by atoms with Gasteiger partial charge in [0.1, 0.15) is 0 Å². The van der Waals surface area contributed by atoms with Gasteiger partial charge >= 0.3 is 5.97 Å². The fourth-order valence-electron chi connectivity index (χ4n) is 3.34. The van der Waals surface area contributed by atoms with E-state index < -0.39 is 5.97 Å². The number of nitrogens with zero attached hydrogens (tertiary/aromatic N) is 1. The number of fused-ring (bicyclic) bond motifs is 1. The first-order valence-electron chi connectivity index (χ1n) is 6.88. The van der Waals surface area contributed by atoms with Gasteiger partial charge in [0, 0.05) is 18.2 Å². The monoisotopic (exact) mass is 237 g/mol.